The molecule has 0 aliphatic heterocycles. The number of aromatic nitrogens is 1. The van der Waals surface area contributed by atoms with Gasteiger partial charge in [0.2, 0.25) is 0 Å². The molecule has 102 valence electrons. The van der Waals surface area contributed by atoms with E-state index in [-0.39, 0.29) is 12.5 Å². The molecule has 0 saturated heterocycles. The number of nitrogens with zero attached hydrogens (tertiary/aromatic N) is 1. The first-order valence-corrected chi connectivity index (χ1v) is 6.38. The predicted molar refractivity (Wildman–Crippen MR) is 70.1 cm³/mol. The summed E-state index contributed by atoms with van der Waals surface area (Å²) in [4.78, 5) is 25.9. The molecule has 19 heavy (non-hydrogen) atoms. The van der Waals surface area contributed by atoms with E-state index in [2.05, 4.69) is 15.6 Å². The minimum Gasteiger partial charge on any atom is -0.481 e. The third kappa shape index (κ3) is 4.57. The monoisotopic (exact) mass is 263 g/mol. The Bertz CT molecular complexity index is 472. The van der Waals surface area contributed by atoms with Crippen LogP contribution < -0.4 is 10.6 Å². The molecule has 2 amide bonds. The molecule has 3 N–H and O–H groups in total. The topological polar surface area (TPSA) is 91.3 Å². The van der Waals surface area contributed by atoms with Gasteiger partial charge in [0, 0.05) is 19.2 Å². The summed E-state index contributed by atoms with van der Waals surface area (Å²) in [5.41, 5.74) is 1.20. The zero-order valence-electron chi connectivity index (χ0n) is 10.6. The van der Waals surface area contributed by atoms with E-state index >= 15 is 0 Å². The fourth-order valence-electron chi connectivity index (χ4n) is 1.79. The summed E-state index contributed by atoms with van der Waals surface area (Å²) in [6, 6.07) is 3.49. The second-order valence-electron chi connectivity index (χ2n) is 4.63. The average Bonchev–Trinajstić information content (AvgIpc) is 3.19. The lowest BCUT2D eigenvalue weighted by Crippen LogP contribution is -2.30. The molecule has 2 rings (SSSR count). The van der Waals surface area contributed by atoms with Gasteiger partial charge < -0.3 is 10.4 Å². The Balaban J connectivity index is 1.75. The first-order chi connectivity index (χ1) is 9.15. The van der Waals surface area contributed by atoms with Gasteiger partial charge in [0.05, 0.1) is 0 Å². The maximum Gasteiger partial charge on any atom is 0.320 e. The van der Waals surface area contributed by atoms with Crippen molar-refractivity contribution >= 4 is 17.8 Å². The molecule has 1 aromatic rings. The second-order valence-corrected chi connectivity index (χ2v) is 4.63. The number of anilines is 1. The highest BCUT2D eigenvalue weighted by Gasteiger charge is 2.23. The Labute approximate surface area is 111 Å². The molecule has 0 spiro atoms. The van der Waals surface area contributed by atoms with Crippen LogP contribution in [-0.2, 0) is 4.79 Å². The summed E-state index contributed by atoms with van der Waals surface area (Å²) in [6.45, 7) is 0.334. The van der Waals surface area contributed by atoms with Crippen molar-refractivity contribution in [2.45, 2.75) is 31.6 Å². The fourth-order valence-corrected chi connectivity index (χ4v) is 1.79. The summed E-state index contributed by atoms with van der Waals surface area (Å²) in [5.74, 6) is 0.281. The molecule has 1 heterocycles. The molecule has 0 unspecified atom stereocenters. The predicted octanol–water partition coefficient (Wildman–Crippen LogP) is 1.95. The van der Waals surface area contributed by atoms with E-state index in [9.17, 15) is 9.59 Å². The van der Waals surface area contributed by atoms with Gasteiger partial charge in [0.25, 0.3) is 0 Å². The van der Waals surface area contributed by atoms with Gasteiger partial charge in [-0.3, -0.25) is 10.1 Å². The third-order valence-corrected chi connectivity index (χ3v) is 2.93. The smallest absolute Gasteiger partial charge is 0.320 e. The number of carbonyl (C=O) groups is 2. The molecule has 1 saturated carbocycles. The van der Waals surface area contributed by atoms with Gasteiger partial charge in [0.1, 0.15) is 5.82 Å². The van der Waals surface area contributed by atoms with Gasteiger partial charge in [0.15, 0.2) is 0 Å². The van der Waals surface area contributed by atoms with Crippen LogP contribution >= 0.6 is 0 Å². The molecule has 0 atom stereocenters. The molecule has 1 fully saturated rings. The second kappa shape index (κ2) is 6.17. The van der Waals surface area contributed by atoms with Crippen molar-refractivity contribution in [2.75, 3.05) is 11.9 Å². The normalized spacial score (nSPS) is 13.9. The Kier molecular flexibility index (Phi) is 4.33. The first kappa shape index (κ1) is 13.3. The number of amides is 2. The maximum absolute atomic E-state index is 11.5. The van der Waals surface area contributed by atoms with Crippen LogP contribution in [0, 0.1) is 0 Å². The number of hydrogen-bond acceptors (Lipinski definition) is 3. The highest BCUT2D eigenvalue weighted by Crippen LogP contribution is 2.40. The van der Waals surface area contributed by atoms with E-state index in [1.54, 1.807) is 6.20 Å². The lowest BCUT2D eigenvalue weighted by atomic mass is 10.2. The number of urea groups is 1. The Hall–Kier alpha value is -2.11. The molecule has 0 radical (unpaired) electrons. The summed E-state index contributed by atoms with van der Waals surface area (Å²) >= 11 is 0. The van der Waals surface area contributed by atoms with Crippen LogP contribution in [-0.4, -0.2) is 28.6 Å². The van der Waals surface area contributed by atoms with Crippen molar-refractivity contribution in [3.8, 4) is 0 Å². The standard InChI is InChI=1S/C13H17N3O3/c17-12(18)2-1-6-15-13(19)16-11-8-10(5-7-14-11)9-3-4-9/h5,7-9H,1-4,6H2,(H,17,18)(H2,14,15,16,19). The van der Waals surface area contributed by atoms with Crippen LogP contribution in [0.3, 0.4) is 0 Å². The number of hydrogen-bond donors (Lipinski definition) is 3. The van der Waals surface area contributed by atoms with Crippen LogP contribution in [0.4, 0.5) is 10.6 Å². The van der Waals surface area contributed by atoms with Gasteiger partial charge in [-0.1, -0.05) is 0 Å². The van der Waals surface area contributed by atoms with E-state index < -0.39 is 5.97 Å². The summed E-state index contributed by atoms with van der Waals surface area (Å²) in [5, 5.41) is 13.7. The number of nitrogens with one attached hydrogen (secondary N) is 2. The SMILES string of the molecule is O=C(O)CCCNC(=O)Nc1cc(C2CC2)ccn1. The number of pyridine rings is 1. The minimum absolute atomic E-state index is 0.0513. The Morgan fingerprint density at radius 2 is 2.21 bits per heavy atom. The van der Waals surface area contributed by atoms with E-state index in [0.717, 1.165) is 0 Å². The number of aliphatic carboxylic acids is 1. The van der Waals surface area contributed by atoms with E-state index in [0.29, 0.717) is 24.7 Å². The lowest BCUT2D eigenvalue weighted by molar-refractivity contribution is -0.137. The van der Waals surface area contributed by atoms with Crippen molar-refractivity contribution in [1.29, 1.82) is 0 Å². The highest BCUT2D eigenvalue weighted by molar-refractivity contribution is 5.88. The van der Waals surface area contributed by atoms with Gasteiger partial charge in [-0.15, -0.1) is 0 Å². The van der Waals surface area contributed by atoms with Crippen LogP contribution in [0.25, 0.3) is 0 Å². The Morgan fingerprint density at radius 1 is 1.42 bits per heavy atom. The fraction of sp³-hybridized carbons (Fsp3) is 0.462. The molecule has 1 aliphatic rings. The van der Waals surface area contributed by atoms with E-state index in [1.165, 1.54) is 18.4 Å². The van der Waals surface area contributed by atoms with Gasteiger partial charge in [-0.2, -0.15) is 0 Å². The lowest BCUT2D eigenvalue weighted by Gasteiger charge is -2.07. The number of carboxylic acids is 1. The Morgan fingerprint density at radius 3 is 2.89 bits per heavy atom. The number of rotatable bonds is 6. The zero-order chi connectivity index (χ0) is 13.7. The third-order valence-electron chi connectivity index (χ3n) is 2.93. The molecular formula is C13H17N3O3. The van der Waals surface area contributed by atoms with Crippen molar-refractivity contribution < 1.29 is 14.7 Å². The molecule has 0 aromatic carbocycles. The molecule has 0 bridgehead atoms. The molecule has 1 aliphatic carbocycles. The number of carbonyl (C=O) groups excluding carboxylic acids is 1. The van der Waals surface area contributed by atoms with Crippen molar-refractivity contribution in [3.05, 3.63) is 23.9 Å². The summed E-state index contributed by atoms with van der Waals surface area (Å²) in [6.07, 6.45) is 4.55. The van der Waals surface area contributed by atoms with Crippen LogP contribution in [0.5, 0.6) is 0 Å². The summed E-state index contributed by atoms with van der Waals surface area (Å²) in [7, 11) is 0. The van der Waals surface area contributed by atoms with E-state index in [4.69, 9.17) is 5.11 Å². The maximum atomic E-state index is 11.5. The quantitative estimate of drug-likeness (QED) is 0.684. The van der Waals surface area contributed by atoms with E-state index in [1.807, 2.05) is 12.1 Å². The highest BCUT2D eigenvalue weighted by atomic mass is 16.4. The first-order valence-electron chi connectivity index (χ1n) is 6.38. The molecule has 6 heteroatoms. The molecule has 6 nitrogen and oxygen atoms in total. The van der Waals surface area contributed by atoms with Crippen molar-refractivity contribution in [3.63, 3.8) is 0 Å². The van der Waals surface area contributed by atoms with Crippen LogP contribution in [0.1, 0.15) is 37.2 Å². The van der Waals surface area contributed by atoms with Crippen molar-refractivity contribution in [2.24, 2.45) is 0 Å². The minimum atomic E-state index is -0.860. The van der Waals surface area contributed by atoms with Crippen LogP contribution in [0.15, 0.2) is 18.3 Å². The van der Waals surface area contributed by atoms with Crippen molar-refractivity contribution in [1.82, 2.24) is 10.3 Å². The van der Waals surface area contributed by atoms with Crippen LogP contribution in [0.2, 0.25) is 0 Å². The zero-order valence-corrected chi connectivity index (χ0v) is 10.6. The largest absolute Gasteiger partial charge is 0.481 e. The number of carboxylic acid groups (broad SMARTS) is 1. The van der Waals surface area contributed by atoms with Gasteiger partial charge in [-0.25, -0.2) is 9.78 Å². The molecular weight excluding hydrogens is 246 g/mol. The summed E-state index contributed by atoms with van der Waals surface area (Å²) < 4.78 is 0. The molecule has 1 aromatic heterocycles. The van der Waals surface area contributed by atoms with Gasteiger partial charge in [-0.05, 0) is 42.9 Å². The average molecular weight is 263 g/mol. The van der Waals surface area contributed by atoms with Gasteiger partial charge >= 0.3 is 12.0 Å².